The minimum Gasteiger partial charge on any atom is -0.492 e. The number of likely N-dealkylation sites (N-methyl/N-ethyl adjacent to an activating group) is 1. The first-order valence-corrected chi connectivity index (χ1v) is 6.79. The molecule has 1 aromatic rings. The number of nitrogens with one attached hydrogen (secondary N) is 2. The molecule has 4 nitrogen and oxygen atoms in total. The Bertz CT molecular complexity index is 402. The predicted octanol–water partition coefficient (Wildman–Crippen LogP) is 2.21. The van der Waals surface area contributed by atoms with Gasteiger partial charge in [0, 0.05) is 18.1 Å². The van der Waals surface area contributed by atoms with Gasteiger partial charge in [-0.05, 0) is 41.2 Å². The summed E-state index contributed by atoms with van der Waals surface area (Å²) in [5.74, 6) is 0.665. The van der Waals surface area contributed by atoms with Gasteiger partial charge in [0.25, 0.3) is 0 Å². The summed E-state index contributed by atoms with van der Waals surface area (Å²) in [5, 5.41) is 6.37. The monoisotopic (exact) mass is 334 g/mol. The van der Waals surface area contributed by atoms with Crippen LogP contribution < -0.4 is 15.4 Å². The van der Waals surface area contributed by atoms with E-state index in [1.807, 2.05) is 7.05 Å². The topological polar surface area (TPSA) is 50.4 Å². The van der Waals surface area contributed by atoms with Crippen molar-refractivity contribution >= 4 is 33.4 Å². The number of carbonyl (C=O) groups is 1. The number of halogens is 2. The van der Waals surface area contributed by atoms with Crippen molar-refractivity contribution in [2.24, 2.45) is 0 Å². The van der Waals surface area contributed by atoms with Gasteiger partial charge in [0.05, 0.1) is 17.5 Å². The summed E-state index contributed by atoms with van der Waals surface area (Å²) in [5.41, 5.74) is 0. The normalized spacial score (nSPS) is 10.2. The lowest BCUT2D eigenvalue weighted by atomic mass is 10.3. The molecule has 0 aromatic heterocycles. The maximum Gasteiger partial charge on any atom is 0.223 e. The van der Waals surface area contributed by atoms with E-state index in [-0.39, 0.29) is 5.91 Å². The van der Waals surface area contributed by atoms with Crippen LogP contribution in [0.1, 0.15) is 6.42 Å². The molecular formula is C12H16BrClN2O2. The number of ether oxygens (including phenoxy) is 1. The van der Waals surface area contributed by atoms with Crippen LogP contribution in [0.2, 0.25) is 5.02 Å². The summed E-state index contributed by atoms with van der Waals surface area (Å²) >= 11 is 9.16. The van der Waals surface area contributed by atoms with Crippen molar-refractivity contribution in [3.05, 3.63) is 27.7 Å². The van der Waals surface area contributed by atoms with Gasteiger partial charge in [-0.1, -0.05) is 11.6 Å². The number of benzene rings is 1. The van der Waals surface area contributed by atoms with Crippen LogP contribution in [-0.2, 0) is 4.79 Å². The van der Waals surface area contributed by atoms with Gasteiger partial charge in [-0.15, -0.1) is 0 Å². The highest BCUT2D eigenvalue weighted by Crippen LogP contribution is 2.27. The number of carbonyl (C=O) groups excluding carboxylic acids is 1. The molecule has 1 aromatic carbocycles. The maximum atomic E-state index is 11.4. The zero-order chi connectivity index (χ0) is 13.4. The molecule has 0 atom stereocenters. The second kappa shape index (κ2) is 8.34. The summed E-state index contributed by atoms with van der Waals surface area (Å²) < 4.78 is 6.27. The van der Waals surface area contributed by atoms with Gasteiger partial charge >= 0.3 is 0 Å². The number of rotatable bonds is 7. The first-order chi connectivity index (χ1) is 8.63. The van der Waals surface area contributed by atoms with Gasteiger partial charge in [0.2, 0.25) is 5.91 Å². The van der Waals surface area contributed by atoms with Crippen LogP contribution in [0.15, 0.2) is 22.7 Å². The third-order valence-corrected chi connectivity index (χ3v) is 3.03. The number of amides is 1. The van der Waals surface area contributed by atoms with E-state index in [9.17, 15) is 4.79 Å². The van der Waals surface area contributed by atoms with Gasteiger partial charge < -0.3 is 15.4 Å². The van der Waals surface area contributed by atoms with Crippen LogP contribution in [0, 0.1) is 0 Å². The Hall–Kier alpha value is -0.780. The van der Waals surface area contributed by atoms with Gasteiger partial charge in [-0.25, -0.2) is 0 Å². The molecular weight excluding hydrogens is 320 g/mol. The van der Waals surface area contributed by atoms with Crippen LogP contribution >= 0.6 is 27.5 Å². The highest BCUT2D eigenvalue weighted by atomic mass is 79.9. The van der Waals surface area contributed by atoms with Crippen LogP contribution in [0.25, 0.3) is 0 Å². The summed E-state index contributed by atoms with van der Waals surface area (Å²) in [6.45, 7) is 1.72. The Balaban J connectivity index is 2.26. The van der Waals surface area contributed by atoms with Gasteiger partial charge in [0.1, 0.15) is 5.75 Å². The molecule has 0 fully saturated rings. The molecule has 1 amide bonds. The molecule has 0 radical (unpaired) electrons. The lowest BCUT2D eigenvalue weighted by Crippen LogP contribution is -2.31. The van der Waals surface area contributed by atoms with Crippen molar-refractivity contribution in [2.75, 3.05) is 26.7 Å². The molecule has 1 rings (SSSR count). The fourth-order valence-corrected chi connectivity index (χ4v) is 2.06. The minimum absolute atomic E-state index is 0.0182. The first-order valence-electron chi connectivity index (χ1n) is 5.62. The van der Waals surface area contributed by atoms with E-state index in [1.54, 1.807) is 18.2 Å². The van der Waals surface area contributed by atoms with Crippen molar-refractivity contribution in [1.82, 2.24) is 10.6 Å². The van der Waals surface area contributed by atoms with Gasteiger partial charge in [-0.2, -0.15) is 0 Å². The van der Waals surface area contributed by atoms with Crippen molar-refractivity contribution in [1.29, 1.82) is 0 Å². The molecule has 2 N–H and O–H groups in total. The van der Waals surface area contributed by atoms with Crippen molar-refractivity contribution in [3.63, 3.8) is 0 Å². The van der Waals surface area contributed by atoms with Gasteiger partial charge in [-0.3, -0.25) is 4.79 Å². The van der Waals surface area contributed by atoms with Crippen molar-refractivity contribution in [2.45, 2.75) is 6.42 Å². The van der Waals surface area contributed by atoms with Crippen LogP contribution in [0.4, 0.5) is 0 Å². The lowest BCUT2D eigenvalue weighted by Gasteiger charge is -2.08. The fourth-order valence-electron chi connectivity index (χ4n) is 1.26. The van der Waals surface area contributed by atoms with E-state index in [0.29, 0.717) is 30.3 Å². The fraction of sp³-hybridized carbons (Fsp3) is 0.417. The van der Waals surface area contributed by atoms with E-state index in [2.05, 4.69) is 26.6 Å². The van der Waals surface area contributed by atoms with Crippen LogP contribution in [-0.4, -0.2) is 32.7 Å². The lowest BCUT2D eigenvalue weighted by molar-refractivity contribution is -0.121. The average molecular weight is 336 g/mol. The van der Waals surface area contributed by atoms with E-state index in [1.165, 1.54) is 0 Å². The molecule has 0 aliphatic rings. The Kier molecular flexibility index (Phi) is 7.08. The molecule has 6 heteroatoms. The SMILES string of the molecule is CNCCNC(=O)CCOc1ccc(Cl)cc1Br. The van der Waals surface area contributed by atoms with E-state index >= 15 is 0 Å². The smallest absolute Gasteiger partial charge is 0.223 e. The summed E-state index contributed by atoms with van der Waals surface area (Å²) in [6.07, 6.45) is 0.332. The second-order valence-corrected chi connectivity index (χ2v) is 4.92. The predicted molar refractivity (Wildman–Crippen MR) is 76.2 cm³/mol. The highest BCUT2D eigenvalue weighted by Gasteiger charge is 2.04. The van der Waals surface area contributed by atoms with E-state index < -0.39 is 0 Å². The molecule has 0 aliphatic heterocycles. The quantitative estimate of drug-likeness (QED) is 0.751. The molecule has 18 heavy (non-hydrogen) atoms. The summed E-state index contributed by atoms with van der Waals surface area (Å²) in [4.78, 5) is 11.4. The largest absolute Gasteiger partial charge is 0.492 e. The Morgan fingerprint density at radius 3 is 2.89 bits per heavy atom. The molecule has 0 saturated heterocycles. The zero-order valence-corrected chi connectivity index (χ0v) is 12.5. The molecule has 0 aliphatic carbocycles. The Morgan fingerprint density at radius 2 is 2.22 bits per heavy atom. The molecule has 100 valence electrons. The Morgan fingerprint density at radius 1 is 1.44 bits per heavy atom. The third kappa shape index (κ3) is 5.71. The Labute approximate surface area is 120 Å². The minimum atomic E-state index is -0.0182. The van der Waals surface area contributed by atoms with E-state index in [4.69, 9.17) is 16.3 Å². The first kappa shape index (κ1) is 15.3. The number of hydrogen-bond acceptors (Lipinski definition) is 3. The zero-order valence-electron chi connectivity index (χ0n) is 10.1. The molecule has 0 heterocycles. The van der Waals surface area contributed by atoms with Crippen LogP contribution in [0.5, 0.6) is 5.75 Å². The van der Waals surface area contributed by atoms with E-state index in [0.717, 1.165) is 11.0 Å². The molecule has 0 unspecified atom stereocenters. The average Bonchev–Trinajstić information content (AvgIpc) is 2.32. The molecule has 0 bridgehead atoms. The highest BCUT2D eigenvalue weighted by molar-refractivity contribution is 9.10. The summed E-state index contributed by atoms with van der Waals surface area (Å²) in [7, 11) is 1.84. The standard InChI is InChI=1S/C12H16BrClN2O2/c1-15-5-6-16-12(17)4-7-18-11-3-2-9(14)8-10(11)13/h2-3,8,15H,4-7H2,1H3,(H,16,17). The molecule has 0 saturated carbocycles. The number of hydrogen-bond donors (Lipinski definition) is 2. The molecule has 0 spiro atoms. The van der Waals surface area contributed by atoms with Crippen molar-refractivity contribution in [3.8, 4) is 5.75 Å². The summed E-state index contributed by atoms with van der Waals surface area (Å²) in [6, 6.07) is 5.27. The second-order valence-electron chi connectivity index (χ2n) is 3.63. The van der Waals surface area contributed by atoms with Crippen molar-refractivity contribution < 1.29 is 9.53 Å². The third-order valence-electron chi connectivity index (χ3n) is 2.18. The van der Waals surface area contributed by atoms with Gasteiger partial charge in [0.15, 0.2) is 0 Å². The maximum absolute atomic E-state index is 11.4. The van der Waals surface area contributed by atoms with Crippen LogP contribution in [0.3, 0.4) is 0 Å².